The normalized spacial score (nSPS) is 10.8. The second kappa shape index (κ2) is 8.55. The van der Waals surface area contributed by atoms with Gasteiger partial charge in [0.15, 0.2) is 0 Å². The highest BCUT2D eigenvalue weighted by Gasteiger charge is 2.16. The number of nitrogens with zero attached hydrogens (tertiary/aromatic N) is 1. The third-order valence-electron chi connectivity index (χ3n) is 4.94. The number of carboxylic acid groups (broad SMARTS) is 1. The van der Waals surface area contributed by atoms with Crippen LogP contribution in [0.1, 0.15) is 22.5 Å². The van der Waals surface area contributed by atoms with Crippen LogP contribution in [0, 0.1) is 0 Å². The zero-order valence-corrected chi connectivity index (χ0v) is 17.6. The molecule has 1 amide bonds. The maximum atomic E-state index is 13.2. The fraction of sp³-hybridized carbons (Fsp3) is 0.0833. The lowest BCUT2D eigenvalue weighted by Crippen LogP contribution is -2.25. The molecule has 2 N–H and O–H groups in total. The lowest BCUT2D eigenvalue weighted by atomic mass is 10.0. The van der Waals surface area contributed by atoms with Crippen LogP contribution in [0.25, 0.3) is 22.0 Å². The number of aliphatic carboxylic acids is 1. The van der Waals surface area contributed by atoms with Crippen molar-refractivity contribution in [3.05, 3.63) is 94.6 Å². The number of carbonyl (C=O) groups is 2. The molecule has 4 rings (SSSR count). The molecule has 0 atom stereocenters. The number of aryl methyl sites for hydroxylation is 1. The van der Waals surface area contributed by atoms with Gasteiger partial charge in [-0.3, -0.25) is 19.7 Å². The highest BCUT2D eigenvalue weighted by Crippen LogP contribution is 2.25. The van der Waals surface area contributed by atoms with E-state index in [9.17, 15) is 9.59 Å². The van der Waals surface area contributed by atoms with E-state index in [-0.39, 0.29) is 12.3 Å². The molecule has 0 spiro atoms. The summed E-state index contributed by atoms with van der Waals surface area (Å²) in [7, 11) is 0. The van der Waals surface area contributed by atoms with E-state index in [4.69, 9.17) is 5.11 Å². The van der Waals surface area contributed by atoms with E-state index in [1.54, 1.807) is 10.7 Å². The van der Waals surface area contributed by atoms with Crippen LogP contribution >= 0.6 is 15.9 Å². The quantitative estimate of drug-likeness (QED) is 0.398. The molecule has 6 heteroatoms. The van der Waals surface area contributed by atoms with Crippen LogP contribution in [0.5, 0.6) is 0 Å². The third-order valence-corrected chi connectivity index (χ3v) is 5.47. The van der Waals surface area contributed by atoms with Gasteiger partial charge >= 0.3 is 5.97 Å². The zero-order valence-electron chi connectivity index (χ0n) is 16.0. The first-order valence-electron chi connectivity index (χ1n) is 9.50. The van der Waals surface area contributed by atoms with Crippen molar-refractivity contribution in [2.75, 3.05) is 5.43 Å². The molecule has 1 aromatic heterocycles. The summed E-state index contributed by atoms with van der Waals surface area (Å²) in [5.41, 5.74) is 5.97. The third kappa shape index (κ3) is 4.14. The maximum absolute atomic E-state index is 13.2. The van der Waals surface area contributed by atoms with Gasteiger partial charge < -0.3 is 5.11 Å². The van der Waals surface area contributed by atoms with E-state index < -0.39 is 5.97 Å². The minimum atomic E-state index is -0.881. The number of carbonyl (C=O) groups excluding carboxylic acids is 1. The zero-order chi connectivity index (χ0) is 21.1. The van der Waals surface area contributed by atoms with Crippen LogP contribution in [0.4, 0.5) is 0 Å². The molecule has 0 saturated carbocycles. The average Bonchev–Trinajstić information content (AvgIpc) is 3.14. The molecule has 0 aliphatic rings. The number of benzene rings is 3. The van der Waals surface area contributed by atoms with Gasteiger partial charge in [-0.1, -0.05) is 64.5 Å². The van der Waals surface area contributed by atoms with Crippen LogP contribution in [0.2, 0.25) is 0 Å². The standard InChI is InChI=1S/C24H19BrN2O3/c25-18-10-8-17(9-11-18)22-14-12-19(13-15-23(28)29)27(22)26-24(30)21-7-3-5-16-4-1-2-6-20(16)21/h1-12,14H,13,15H2,(H,26,30)(H,28,29). The number of halogens is 1. The Labute approximate surface area is 182 Å². The van der Waals surface area contributed by atoms with Crippen molar-refractivity contribution >= 4 is 38.6 Å². The van der Waals surface area contributed by atoms with Crippen molar-refractivity contribution in [1.29, 1.82) is 0 Å². The van der Waals surface area contributed by atoms with Gasteiger partial charge in [0, 0.05) is 27.7 Å². The number of amides is 1. The first-order valence-corrected chi connectivity index (χ1v) is 10.3. The summed E-state index contributed by atoms with van der Waals surface area (Å²) in [5, 5.41) is 10.9. The Morgan fingerprint density at radius 1 is 0.900 bits per heavy atom. The summed E-state index contributed by atoms with van der Waals surface area (Å²) in [5.74, 6) is -1.13. The van der Waals surface area contributed by atoms with Gasteiger partial charge in [0.25, 0.3) is 5.91 Å². The van der Waals surface area contributed by atoms with Crippen molar-refractivity contribution in [3.8, 4) is 11.3 Å². The average molecular weight is 463 g/mol. The molecule has 1 heterocycles. The van der Waals surface area contributed by atoms with E-state index in [0.29, 0.717) is 12.0 Å². The fourth-order valence-electron chi connectivity index (χ4n) is 3.47. The van der Waals surface area contributed by atoms with E-state index >= 15 is 0 Å². The number of rotatable bonds is 6. The molecule has 4 aromatic rings. The van der Waals surface area contributed by atoms with Crippen LogP contribution in [-0.4, -0.2) is 21.7 Å². The molecule has 30 heavy (non-hydrogen) atoms. The van der Waals surface area contributed by atoms with Gasteiger partial charge in [-0.25, -0.2) is 0 Å². The minimum absolute atomic E-state index is 0.0199. The molecule has 5 nitrogen and oxygen atoms in total. The van der Waals surface area contributed by atoms with Crippen molar-refractivity contribution < 1.29 is 14.7 Å². The first-order chi connectivity index (χ1) is 14.5. The van der Waals surface area contributed by atoms with Crippen molar-refractivity contribution in [3.63, 3.8) is 0 Å². The Kier molecular flexibility index (Phi) is 5.68. The molecule has 150 valence electrons. The lowest BCUT2D eigenvalue weighted by Gasteiger charge is -2.16. The van der Waals surface area contributed by atoms with Gasteiger partial charge in [-0.15, -0.1) is 0 Å². The SMILES string of the molecule is O=C(O)CCc1ccc(-c2ccc(Br)cc2)n1NC(=O)c1cccc2ccccc12. The number of hydrogen-bond acceptors (Lipinski definition) is 2. The van der Waals surface area contributed by atoms with Crippen molar-refractivity contribution in [2.24, 2.45) is 0 Å². The van der Waals surface area contributed by atoms with Crippen molar-refractivity contribution in [1.82, 2.24) is 4.68 Å². The van der Waals surface area contributed by atoms with Crippen LogP contribution in [0.3, 0.4) is 0 Å². The van der Waals surface area contributed by atoms with Gasteiger partial charge in [0.1, 0.15) is 0 Å². The largest absolute Gasteiger partial charge is 0.481 e. The summed E-state index contributed by atoms with van der Waals surface area (Å²) >= 11 is 3.43. The van der Waals surface area contributed by atoms with Gasteiger partial charge in [-0.05, 0) is 41.1 Å². The van der Waals surface area contributed by atoms with Crippen LogP contribution < -0.4 is 5.43 Å². The summed E-state index contributed by atoms with van der Waals surface area (Å²) in [6.07, 6.45) is 0.287. The Hall–Kier alpha value is -3.38. The van der Waals surface area contributed by atoms with E-state index in [1.807, 2.05) is 72.8 Å². The van der Waals surface area contributed by atoms with Gasteiger partial charge in [-0.2, -0.15) is 0 Å². The van der Waals surface area contributed by atoms with E-state index in [0.717, 1.165) is 32.2 Å². The minimum Gasteiger partial charge on any atom is -0.481 e. The summed E-state index contributed by atoms with van der Waals surface area (Å²) in [6, 6.07) is 24.8. The van der Waals surface area contributed by atoms with E-state index in [2.05, 4.69) is 21.4 Å². The molecule has 0 unspecified atom stereocenters. The highest BCUT2D eigenvalue weighted by atomic mass is 79.9. The second-order valence-electron chi connectivity index (χ2n) is 6.91. The van der Waals surface area contributed by atoms with Crippen LogP contribution in [0.15, 0.2) is 83.3 Å². The smallest absolute Gasteiger partial charge is 0.303 e. The van der Waals surface area contributed by atoms with Gasteiger partial charge in [0.2, 0.25) is 0 Å². The summed E-state index contributed by atoms with van der Waals surface area (Å²) in [6.45, 7) is 0. The molecule has 0 radical (unpaired) electrons. The number of nitrogens with one attached hydrogen (secondary N) is 1. The Bertz CT molecular complexity index is 1220. The number of aromatic nitrogens is 1. The van der Waals surface area contributed by atoms with Gasteiger partial charge in [0.05, 0.1) is 12.1 Å². The summed E-state index contributed by atoms with van der Waals surface area (Å²) < 4.78 is 2.64. The maximum Gasteiger partial charge on any atom is 0.303 e. The molecule has 0 aliphatic carbocycles. The summed E-state index contributed by atoms with van der Waals surface area (Å²) in [4.78, 5) is 24.3. The predicted molar refractivity (Wildman–Crippen MR) is 121 cm³/mol. The highest BCUT2D eigenvalue weighted by molar-refractivity contribution is 9.10. The molecular formula is C24H19BrN2O3. The molecular weight excluding hydrogens is 444 g/mol. The van der Waals surface area contributed by atoms with Crippen LogP contribution in [-0.2, 0) is 11.2 Å². The lowest BCUT2D eigenvalue weighted by molar-refractivity contribution is -0.136. The predicted octanol–water partition coefficient (Wildman–Crippen LogP) is 5.47. The first kappa shape index (κ1) is 19.9. The number of carboxylic acids is 1. The second-order valence-corrected chi connectivity index (χ2v) is 7.83. The Balaban J connectivity index is 1.74. The monoisotopic (exact) mass is 462 g/mol. The fourth-order valence-corrected chi connectivity index (χ4v) is 3.74. The number of hydrogen-bond donors (Lipinski definition) is 2. The van der Waals surface area contributed by atoms with E-state index in [1.165, 1.54) is 0 Å². The molecule has 3 aromatic carbocycles. The molecule has 0 aliphatic heterocycles. The Morgan fingerprint density at radius 3 is 2.40 bits per heavy atom. The molecule has 0 fully saturated rings. The molecule has 0 bridgehead atoms. The Morgan fingerprint density at radius 2 is 1.63 bits per heavy atom. The number of fused-ring (bicyclic) bond motifs is 1. The molecule has 0 saturated heterocycles. The topological polar surface area (TPSA) is 71.3 Å². The van der Waals surface area contributed by atoms with Crippen molar-refractivity contribution in [2.45, 2.75) is 12.8 Å².